The average molecular weight is 286 g/mol. The molecule has 5 heteroatoms. The molecule has 1 heterocycles. The number of amides is 1. The molecule has 0 aliphatic carbocycles. The second kappa shape index (κ2) is 5.24. The summed E-state index contributed by atoms with van der Waals surface area (Å²) in [6.45, 7) is 6.29. The summed E-state index contributed by atoms with van der Waals surface area (Å²) in [5, 5.41) is 4.56. The number of hydrogen-bond donors (Lipinski definition) is 1. The maximum Gasteiger partial charge on any atom is 0.253 e. The molecule has 0 spiro atoms. The van der Waals surface area contributed by atoms with Gasteiger partial charge in [0.2, 0.25) is 0 Å². The number of aromatic nitrogens is 2. The minimum atomic E-state index is -0.0554. The molecular weight excluding hydrogens is 264 g/mol. The summed E-state index contributed by atoms with van der Waals surface area (Å²) in [5.41, 5.74) is 8.41. The molecule has 1 aromatic carbocycles. The van der Waals surface area contributed by atoms with Gasteiger partial charge in [-0.05, 0) is 24.3 Å². The van der Waals surface area contributed by atoms with Gasteiger partial charge in [0.15, 0.2) is 0 Å². The van der Waals surface area contributed by atoms with Gasteiger partial charge in [0.05, 0.1) is 11.4 Å². The smallest absolute Gasteiger partial charge is 0.253 e. The van der Waals surface area contributed by atoms with Crippen LogP contribution in [0, 0.1) is 0 Å². The molecule has 1 amide bonds. The average Bonchev–Trinajstić information content (AvgIpc) is 2.80. The third-order valence-electron chi connectivity index (χ3n) is 3.27. The van der Waals surface area contributed by atoms with Crippen molar-refractivity contribution in [3.05, 3.63) is 41.6 Å². The number of carbonyl (C=O) groups is 1. The van der Waals surface area contributed by atoms with Crippen molar-refractivity contribution in [3.8, 4) is 5.69 Å². The van der Waals surface area contributed by atoms with Crippen LogP contribution in [0.15, 0.2) is 30.3 Å². The van der Waals surface area contributed by atoms with Crippen molar-refractivity contribution in [2.75, 3.05) is 19.8 Å². The van der Waals surface area contributed by atoms with Gasteiger partial charge in [-0.1, -0.05) is 20.8 Å². The first-order chi connectivity index (χ1) is 9.70. The third kappa shape index (κ3) is 3.07. The van der Waals surface area contributed by atoms with Crippen molar-refractivity contribution < 1.29 is 4.79 Å². The highest BCUT2D eigenvalue weighted by Gasteiger charge is 2.19. The zero-order chi connectivity index (χ0) is 15.8. The van der Waals surface area contributed by atoms with E-state index in [0.717, 1.165) is 11.4 Å². The maximum absolute atomic E-state index is 11.9. The van der Waals surface area contributed by atoms with E-state index in [9.17, 15) is 4.79 Å². The van der Waals surface area contributed by atoms with Crippen molar-refractivity contribution in [3.63, 3.8) is 0 Å². The Balaban J connectivity index is 2.36. The Bertz CT molecular complexity index is 648. The number of benzene rings is 1. The Kier molecular flexibility index (Phi) is 3.77. The Labute approximate surface area is 125 Å². The van der Waals surface area contributed by atoms with E-state index in [4.69, 9.17) is 5.73 Å². The van der Waals surface area contributed by atoms with Crippen molar-refractivity contribution >= 4 is 11.7 Å². The maximum atomic E-state index is 11.9. The van der Waals surface area contributed by atoms with E-state index in [1.165, 1.54) is 0 Å². The highest BCUT2D eigenvalue weighted by Crippen LogP contribution is 2.24. The summed E-state index contributed by atoms with van der Waals surface area (Å²) in [6.07, 6.45) is 0. The van der Waals surface area contributed by atoms with Crippen LogP contribution in [0.2, 0.25) is 0 Å². The van der Waals surface area contributed by atoms with Gasteiger partial charge in [0.25, 0.3) is 5.91 Å². The highest BCUT2D eigenvalue weighted by atomic mass is 16.2. The monoisotopic (exact) mass is 286 g/mol. The van der Waals surface area contributed by atoms with Crippen LogP contribution in [0.4, 0.5) is 5.82 Å². The Morgan fingerprint density at radius 1 is 1.19 bits per heavy atom. The summed E-state index contributed by atoms with van der Waals surface area (Å²) in [7, 11) is 3.47. The molecule has 0 radical (unpaired) electrons. The number of nitrogens with zero attached hydrogens (tertiary/aromatic N) is 3. The molecule has 112 valence electrons. The molecule has 0 unspecified atom stereocenters. The Morgan fingerprint density at radius 2 is 1.76 bits per heavy atom. The minimum Gasteiger partial charge on any atom is -0.384 e. The lowest BCUT2D eigenvalue weighted by Gasteiger charge is -2.14. The van der Waals surface area contributed by atoms with E-state index < -0.39 is 0 Å². The lowest BCUT2D eigenvalue weighted by Crippen LogP contribution is -2.21. The van der Waals surface area contributed by atoms with Crippen LogP contribution in [0.1, 0.15) is 36.8 Å². The number of nitrogen functional groups attached to an aromatic ring is 1. The molecule has 0 aliphatic rings. The lowest BCUT2D eigenvalue weighted by molar-refractivity contribution is 0.0827. The molecule has 0 aliphatic heterocycles. The normalized spacial score (nSPS) is 11.5. The minimum absolute atomic E-state index is 0.0228. The van der Waals surface area contributed by atoms with Crippen molar-refractivity contribution in [1.82, 2.24) is 14.7 Å². The fourth-order valence-electron chi connectivity index (χ4n) is 1.97. The highest BCUT2D eigenvalue weighted by molar-refractivity contribution is 5.94. The first-order valence-corrected chi connectivity index (χ1v) is 6.88. The Morgan fingerprint density at radius 3 is 2.19 bits per heavy atom. The number of hydrogen-bond acceptors (Lipinski definition) is 3. The predicted molar refractivity (Wildman–Crippen MR) is 84.7 cm³/mol. The van der Waals surface area contributed by atoms with Gasteiger partial charge in [-0.3, -0.25) is 4.79 Å². The molecule has 5 nitrogen and oxygen atoms in total. The van der Waals surface area contributed by atoms with Gasteiger partial charge in [-0.2, -0.15) is 5.10 Å². The van der Waals surface area contributed by atoms with E-state index in [2.05, 4.69) is 25.9 Å². The summed E-state index contributed by atoms with van der Waals surface area (Å²) < 4.78 is 1.70. The summed E-state index contributed by atoms with van der Waals surface area (Å²) in [6, 6.07) is 9.17. The fraction of sp³-hybridized carbons (Fsp3) is 0.375. The van der Waals surface area contributed by atoms with Gasteiger partial charge in [0, 0.05) is 31.1 Å². The topological polar surface area (TPSA) is 64.2 Å². The standard InChI is InChI=1S/C16H22N4O/c1-16(2,3)13-10-14(17)20(18-13)12-8-6-11(7-9-12)15(21)19(4)5/h6-10H,17H2,1-5H3. The number of rotatable bonds is 2. The summed E-state index contributed by atoms with van der Waals surface area (Å²) in [4.78, 5) is 13.4. The zero-order valence-corrected chi connectivity index (χ0v) is 13.2. The molecule has 21 heavy (non-hydrogen) atoms. The molecule has 2 rings (SSSR count). The first-order valence-electron chi connectivity index (χ1n) is 6.88. The second-order valence-electron chi connectivity index (χ2n) is 6.36. The SMILES string of the molecule is CN(C)C(=O)c1ccc(-n2nc(C(C)(C)C)cc2N)cc1. The lowest BCUT2D eigenvalue weighted by atomic mass is 9.92. The van der Waals surface area contributed by atoms with Crippen LogP contribution in [0.5, 0.6) is 0 Å². The van der Waals surface area contributed by atoms with E-state index in [-0.39, 0.29) is 11.3 Å². The molecule has 0 saturated carbocycles. The van der Waals surface area contributed by atoms with E-state index >= 15 is 0 Å². The quantitative estimate of drug-likeness (QED) is 0.922. The third-order valence-corrected chi connectivity index (χ3v) is 3.27. The van der Waals surface area contributed by atoms with Gasteiger partial charge in [-0.15, -0.1) is 0 Å². The van der Waals surface area contributed by atoms with Gasteiger partial charge in [0.1, 0.15) is 5.82 Å². The van der Waals surface area contributed by atoms with E-state index in [0.29, 0.717) is 11.4 Å². The fourth-order valence-corrected chi connectivity index (χ4v) is 1.97. The first kappa shape index (κ1) is 15.1. The molecule has 2 aromatic rings. The predicted octanol–water partition coefficient (Wildman–Crippen LogP) is 2.45. The van der Waals surface area contributed by atoms with Crippen LogP contribution in [0.3, 0.4) is 0 Å². The number of anilines is 1. The summed E-state index contributed by atoms with van der Waals surface area (Å²) >= 11 is 0. The van der Waals surface area contributed by atoms with Crippen molar-refractivity contribution in [2.24, 2.45) is 0 Å². The van der Waals surface area contributed by atoms with Crippen LogP contribution in [-0.2, 0) is 5.41 Å². The molecule has 0 saturated heterocycles. The van der Waals surface area contributed by atoms with Gasteiger partial charge >= 0.3 is 0 Å². The van der Waals surface area contributed by atoms with Crippen LogP contribution in [0.25, 0.3) is 5.69 Å². The number of nitrogens with two attached hydrogens (primary N) is 1. The van der Waals surface area contributed by atoms with Gasteiger partial charge in [-0.25, -0.2) is 4.68 Å². The molecular formula is C16H22N4O. The van der Waals surface area contributed by atoms with Crippen molar-refractivity contribution in [1.29, 1.82) is 0 Å². The van der Waals surface area contributed by atoms with Crippen LogP contribution in [-0.4, -0.2) is 34.7 Å². The molecule has 0 bridgehead atoms. The largest absolute Gasteiger partial charge is 0.384 e. The zero-order valence-electron chi connectivity index (χ0n) is 13.2. The van der Waals surface area contributed by atoms with E-state index in [1.807, 2.05) is 18.2 Å². The van der Waals surface area contributed by atoms with Gasteiger partial charge < -0.3 is 10.6 Å². The summed E-state index contributed by atoms with van der Waals surface area (Å²) in [5.74, 6) is 0.567. The molecule has 0 atom stereocenters. The molecule has 2 N–H and O–H groups in total. The van der Waals surface area contributed by atoms with Crippen LogP contribution >= 0.6 is 0 Å². The second-order valence-corrected chi connectivity index (χ2v) is 6.36. The number of carbonyl (C=O) groups excluding carboxylic acids is 1. The molecule has 0 fully saturated rings. The van der Waals surface area contributed by atoms with E-state index in [1.54, 1.807) is 35.8 Å². The Hall–Kier alpha value is -2.30. The van der Waals surface area contributed by atoms with Crippen molar-refractivity contribution in [2.45, 2.75) is 26.2 Å². The van der Waals surface area contributed by atoms with Crippen LogP contribution < -0.4 is 5.73 Å². The molecule has 1 aromatic heterocycles.